The van der Waals surface area contributed by atoms with Gasteiger partial charge in [-0.2, -0.15) is 0 Å². The van der Waals surface area contributed by atoms with E-state index in [1.165, 1.54) is 14.2 Å². The van der Waals surface area contributed by atoms with Gasteiger partial charge in [-0.15, -0.1) is 0 Å². The number of hydrogen-bond acceptors (Lipinski definition) is 5. The number of rotatable bonds is 5. The molecule has 2 aromatic rings. The fourth-order valence-corrected chi connectivity index (χ4v) is 3.02. The first-order chi connectivity index (χ1) is 12.9. The highest BCUT2D eigenvalue weighted by molar-refractivity contribution is 6.36. The van der Waals surface area contributed by atoms with Crippen LogP contribution >= 0.6 is 0 Å². The van der Waals surface area contributed by atoms with Gasteiger partial charge in [0.1, 0.15) is 5.70 Å². The number of nitrogens with one attached hydrogen (secondary N) is 1. The third kappa shape index (κ3) is 3.26. The van der Waals surface area contributed by atoms with Crippen molar-refractivity contribution < 1.29 is 19.1 Å². The molecule has 27 heavy (non-hydrogen) atoms. The number of aryl methyl sites for hydroxylation is 2. The van der Waals surface area contributed by atoms with Crippen molar-refractivity contribution >= 4 is 23.1 Å². The zero-order valence-electron chi connectivity index (χ0n) is 16.0. The molecule has 3 rings (SSSR count). The van der Waals surface area contributed by atoms with E-state index in [0.29, 0.717) is 22.6 Å². The summed E-state index contributed by atoms with van der Waals surface area (Å²) in [6.07, 6.45) is 0. The van der Waals surface area contributed by atoms with E-state index >= 15 is 0 Å². The third-order valence-electron chi connectivity index (χ3n) is 4.61. The standard InChI is InChI=1S/C21H22N2O4/c1-12-6-7-13(2)15(10-12)22-19-18(20(24)23(3)21(19)25)14-8-9-16(26-4)17(11-14)27-5/h6-11,22H,1-5H3. The molecule has 2 aromatic carbocycles. The van der Waals surface area contributed by atoms with E-state index in [0.717, 1.165) is 21.7 Å². The van der Waals surface area contributed by atoms with Crippen LogP contribution in [0.15, 0.2) is 42.1 Å². The van der Waals surface area contributed by atoms with Gasteiger partial charge in [-0.3, -0.25) is 14.5 Å². The third-order valence-corrected chi connectivity index (χ3v) is 4.61. The van der Waals surface area contributed by atoms with Crippen molar-refractivity contribution in [2.45, 2.75) is 13.8 Å². The fraction of sp³-hybridized carbons (Fsp3) is 0.238. The summed E-state index contributed by atoms with van der Waals surface area (Å²) in [5.41, 5.74) is 3.98. The minimum Gasteiger partial charge on any atom is -0.493 e. The van der Waals surface area contributed by atoms with Gasteiger partial charge in [0.15, 0.2) is 11.5 Å². The van der Waals surface area contributed by atoms with E-state index in [2.05, 4.69) is 5.32 Å². The average Bonchev–Trinajstić information content (AvgIpc) is 2.88. The minimum absolute atomic E-state index is 0.253. The van der Waals surface area contributed by atoms with Crippen molar-refractivity contribution in [2.24, 2.45) is 0 Å². The number of ether oxygens (including phenoxy) is 2. The zero-order valence-corrected chi connectivity index (χ0v) is 16.0. The van der Waals surface area contributed by atoms with E-state index in [1.54, 1.807) is 25.3 Å². The second-order valence-electron chi connectivity index (χ2n) is 6.43. The Morgan fingerprint density at radius 1 is 0.889 bits per heavy atom. The van der Waals surface area contributed by atoms with Crippen LogP contribution in [0.2, 0.25) is 0 Å². The van der Waals surface area contributed by atoms with Crippen LogP contribution in [0.1, 0.15) is 16.7 Å². The smallest absolute Gasteiger partial charge is 0.277 e. The van der Waals surface area contributed by atoms with Gasteiger partial charge in [0, 0.05) is 12.7 Å². The van der Waals surface area contributed by atoms with Gasteiger partial charge in [-0.25, -0.2) is 0 Å². The molecule has 1 aliphatic rings. The number of benzene rings is 2. The molecule has 6 nitrogen and oxygen atoms in total. The number of carbonyl (C=O) groups is 2. The molecule has 0 unspecified atom stereocenters. The Kier molecular flexibility index (Phi) is 4.90. The quantitative estimate of drug-likeness (QED) is 0.824. The van der Waals surface area contributed by atoms with Crippen LogP contribution in [0.3, 0.4) is 0 Å². The monoisotopic (exact) mass is 366 g/mol. The van der Waals surface area contributed by atoms with Gasteiger partial charge in [-0.1, -0.05) is 18.2 Å². The molecular weight excluding hydrogens is 344 g/mol. The molecule has 0 saturated heterocycles. The predicted molar refractivity (Wildman–Crippen MR) is 104 cm³/mol. The molecule has 0 radical (unpaired) electrons. The van der Waals surface area contributed by atoms with E-state index in [9.17, 15) is 9.59 Å². The highest BCUT2D eigenvalue weighted by Crippen LogP contribution is 2.35. The van der Waals surface area contributed by atoms with Crippen molar-refractivity contribution in [2.75, 3.05) is 26.6 Å². The summed E-state index contributed by atoms with van der Waals surface area (Å²) in [4.78, 5) is 26.6. The summed E-state index contributed by atoms with van der Waals surface area (Å²) in [6, 6.07) is 11.1. The maximum atomic E-state index is 12.8. The molecule has 2 amide bonds. The van der Waals surface area contributed by atoms with Crippen molar-refractivity contribution in [1.82, 2.24) is 4.90 Å². The number of likely N-dealkylation sites (N-methyl/N-ethyl adjacent to an activating group) is 1. The SMILES string of the molecule is COc1ccc(C2=C(Nc3cc(C)ccc3C)C(=O)N(C)C2=O)cc1OC. The van der Waals surface area contributed by atoms with Gasteiger partial charge in [-0.05, 0) is 48.7 Å². The number of amides is 2. The first-order valence-electron chi connectivity index (χ1n) is 8.50. The zero-order chi connectivity index (χ0) is 19.7. The summed E-state index contributed by atoms with van der Waals surface area (Å²) >= 11 is 0. The van der Waals surface area contributed by atoms with Gasteiger partial charge in [0.05, 0.1) is 19.8 Å². The van der Waals surface area contributed by atoms with Crippen LogP contribution in [-0.2, 0) is 9.59 Å². The number of nitrogens with zero attached hydrogens (tertiary/aromatic N) is 1. The lowest BCUT2D eigenvalue weighted by atomic mass is 10.0. The minimum atomic E-state index is -0.370. The lowest BCUT2D eigenvalue weighted by Gasteiger charge is -2.13. The highest BCUT2D eigenvalue weighted by atomic mass is 16.5. The van der Waals surface area contributed by atoms with Crippen molar-refractivity contribution in [1.29, 1.82) is 0 Å². The number of methoxy groups -OCH3 is 2. The Balaban J connectivity index is 2.14. The molecule has 6 heteroatoms. The van der Waals surface area contributed by atoms with Crippen LogP contribution in [-0.4, -0.2) is 38.0 Å². The van der Waals surface area contributed by atoms with Gasteiger partial charge >= 0.3 is 0 Å². The molecule has 1 aliphatic heterocycles. The van der Waals surface area contributed by atoms with Crippen LogP contribution in [0.5, 0.6) is 11.5 Å². The van der Waals surface area contributed by atoms with E-state index in [1.807, 2.05) is 32.0 Å². The molecule has 0 spiro atoms. The number of hydrogen-bond donors (Lipinski definition) is 1. The van der Waals surface area contributed by atoms with E-state index in [-0.39, 0.29) is 17.5 Å². The van der Waals surface area contributed by atoms with Crippen LogP contribution in [0, 0.1) is 13.8 Å². The summed E-state index contributed by atoms with van der Waals surface area (Å²) < 4.78 is 10.6. The summed E-state index contributed by atoms with van der Waals surface area (Å²) in [5, 5.41) is 3.17. The van der Waals surface area contributed by atoms with Crippen molar-refractivity contribution in [3.8, 4) is 11.5 Å². The molecule has 0 bridgehead atoms. The summed E-state index contributed by atoms with van der Waals surface area (Å²) in [6.45, 7) is 3.92. The Labute approximate surface area is 158 Å². The molecule has 0 saturated carbocycles. The molecule has 1 heterocycles. The molecule has 140 valence electrons. The molecule has 0 fully saturated rings. The Morgan fingerprint density at radius 3 is 2.26 bits per heavy atom. The fourth-order valence-electron chi connectivity index (χ4n) is 3.02. The van der Waals surface area contributed by atoms with E-state index in [4.69, 9.17) is 9.47 Å². The lowest BCUT2D eigenvalue weighted by molar-refractivity contribution is -0.135. The van der Waals surface area contributed by atoms with Gasteiger partial charge < -0.3 is 14.8 Å². The Hall–Kier alpha value is -3.28. The van der Waals surface area contributed by atoms with Crippen molar-refractivity contribution in [3.05, 3.63) is 58.8 Å². The Bertz CT molecular complexity index is 963. The average molecular weight is 366 g/mol. The summed E-state index contributed by atoms with van der Waals surface area (Å²) in [5.74, 6) is 0.310. The molecule has 0 aromatic heterocycles. The van der Waals surface area contributed by atoms with Gasteiger partial charge in [0.2, 0.25) is 0 Å². The molecular formula is C21H22N2O4. The number of imide groups is 1. The first kappa shape index (κ1) is 18.5. The topological polar surface area (TPSA) is 67.9 Å². The van der Waals surface area contributed by atoms with Crippen molar-refractivity contribution in [3.63, 3.8) is 0 Å². The Morgan fingerprint density at radius 2 is 1.59 bits per heavy atom. The van der Waals surface area contributed by atoms with Crippen LogP contribution < -0.4 is 14.8 Å². The van der Waals surface area contributed by atoms with Crippen LogP contribution in [0.25, 0.3) is 5.57 Å². The van der Waals surface area contributed by atoms with E-state index < -0.39 is 0 Å². The largest absolute Gasteiger partial charge is 0.493 e. The normalized spacial score (nSPS) is 14.0. The number of carbonyl (C=O) groups excluding carboxylic acids is 2. The molecule has 0 aliphatic carbocycles. The second kappa shape index (κ2) is 7.15. The molecule has 0 atom stereocenters. The maximum absolute atomic E-state index is 12.8. The predicted octanol–water partition coefficient (Wildman–Crippen LogP) is 3.14. The van der Waals surface area contributed by atoms with Crippen LogP contribution in [0.4, 0.5) is 5.69 Å². The first-order valence-corrected chi connectivity index (χ1v) is 8.50. The number of anilines is 1. The maximum Gasteiger partial charge on any atom is 0.277 e. The highest BCUT2D eigenvalue weighted by Gasteiger charge is 2.37. The van der Waals surface area contributed by atoms with Gasteiger partial charge in [0.25, 0.3) is 11.8 Å². The molecule has 1 N–H and O–H groups in total. The lowest BCUT2D eigenvalue weighted by Crippen LogP contribution is -2.28. The second-order valence-corrected chi connectivity index (χ2v) is 6.43. The summed E-state index contributed by atoms with van der Waals surface area (Å²) in [7, 11) is 4.55.